The first-order valence-corrected chi connectivity index (χ1v) is 11.6. The van der Waals surface area contributed by atoms with Gasteiger partial charge in [0.1, 0.15) is 0 Å². The fourth-order valence-electron chi connectivity index (χ4n) is 4.29. The maximum Gasteiger partial charge on any atom is 0.0431 e. The van der Waals surface area contributed by atoms with Gasteiger partial charge >= 0.3 is 0 Å². The van der Waals surface area contributed by atoms with Crippen molar-refractivity contribution in [3.63, 3.8) is 0 Å². The molecule has 0 bridgehead atoms. The van der Waals surface area contributed by atoms with Gasteiger partial charge in [0, 0.05) is 6.61 Å². The van der Waals surface area contributed by atoms with E-state index < -0.39 is 0 Å². The highest BCUT2D eigenvalue weighted by atomic mass is 16.2. The lowest BCUT2D eigenvalue weighted by Crippen LogP contribution is -1.95. The van der Waals surface area contributed by atoms with E-state index in [4.69, 9.17) is 5.11 Å². The number of hydrogen-bond acceptors (Lipinski definition) is 1. The van der Waals surface area contributed by atoms with Crippen molar-refractivity contribution in [1.82, 2.24) is 0 Å². The van der Waals surface area contributed by atoms with E-state index in [9.17, 15) is 0 Å². The monoisotopic (exact) mass is 400 g/mol. The average Bonchev–Trinajstić information content (AvgIpc) is 2.79. The molecule has 0 heterocycles. The largest absolute Gasteiger partial charge is 0.396 e. The molecule has 3 aromatic rings. The number of unbranched alkanes of at least 4 members (excludes halogenated alkanes) is 1. The van der Waals surface area contributed by atoms with Gasteiger partial charge in [0.25, 0.3) is 0 Å². The highest BCUT2D eigenvalue weighted by Crippen LogP contribution is 2.32. The van der Waals surface area contributed by atoms with Crippen LogP contribution in [0.4, 0.5) is 0 Å². The van der Waals surface area contributed by atoms with E-state index in [-0.39, 0.29) is 6.61 Å². The lowest BCUT2D eigenvalue weighted by atomic mass is 9.90. The Hall–Kier alpha value is -2.38. The third-order valence-corrected chi connectivity index (χ3v) is 6.02. The van der Waals surface area contributed by atoms with E-state index in [1.807, 2.05) is 0 Å². The van der Waals surface area contributed by atoms with Crippen molar-refractivity contribution in [3.05, 3.63) is 82.9 Å². The molecule has 0 fully saturated rings. The highest BCUT2D eigenvalue weighted by Gasteiger charge is 2.10. The second-order valence-corrected chi connectivity index (χ2v) is 8.20. The molecule has 0 aliphatic carbocycles. The van der Waals surface area contributed by atoms with Crippen LogP contribution in [0, 0.1) is 0 Å². The molecule has 0 amide bonds. The van der Waals surface area contributed by atoms with Crippen LogP contribution < -0.4 is 0 Å². The summed E-state index contributed by atoms with van der Waals surface area (Å²) in [5.74, 6) is 0. The quantitative estimate of drug-likeness (QED) is 0.351. The number of hydrogen-bond donors (Lipinski definition) is 1. The summed E-state index contributed by atoms with van der Waals surface area (Å²) >= 11 is 0. The minimum absolute atomic E-state index is 0.284. The Balaban J connectivity index is 1.90. The summed E-state index contributed by atoms with van der Waals surface area (Å²) in [7, 11) is 0. The fourth-order valence-corrected chi connectivity index (χ4v) is 4.29. The van der Waals surface area contributed by atoms with Gasteiger partial charge < -0.3 is 5.11 Å². The van der Waals surface area contributed by atoms with Crippen molar-refractivity contribution in [2.45, 2.75) is 65.7 Å². The van der Waals surface area contributed by atoms with Crippen LogP contribution >= 0.6 is 0 Å². The molecule has 0 unspecified atom stereocenters. The summed E-state index contributed by atoms with van der Waals surface area (Å²) in [6.07, 6.45) is 7.37. The maximum atomic E-state index is 9.03. The fraction of sp³-hybridized carbons (Fsp3) is 0.379. The van der Waals surface area contributed by atoms with Crippen molar-refractivity contribution in [2.24, 2.45) is 0 Å². The van der Waals surface area contributed by atoms with Crippen LogP contribution in [0.3, 0.4) is 0 Å². The summed E-state index contributed by atoms with van der Waals surface area (Å²) < 4.78 is 0. The van der Waals surface area contributed by atoms with E-state index >= 15 is 0 Å². The molecular formula is C29H36O. The Morgan fingerprint density at radius 2 is 1.20 bits per heavy atom. The third-order valence-electron chi connectivity index (χ3n) is 6.02. The Labute approximate surface area is 182 Å². The molecule has 0 aliphatic rings. The summed E-state index contributed by atoms with van der Waals surface area (Å²) in [5.41, 5.74) is 10.9. The first kappa shape index (κ1) is 22.3. The molecule has 3 rings (SSSR count). The van der Waals surface area contributed by atoms with Crippen molar-refractivity contribution in [3.8, 4) is 22.3 Å². The first-order valence-electron chi connectivity index (χ1n) is 11.6. The Bertz CT molecular complexity index is 937. The molecule has 0 spiro atoms. The molecule has 0 aliphatic heterocycles. The summed E-state index contributed by atoms with van der Waals surface area (Å²) in [4.78, 5) is 0. The topological polar surface area (TPSA) is 20.2 Å². The van der Waals surface area contributed by atoms with Crippen molar-refractivity contribution in [1.29, 1.82) is 0 Å². The Kier molecular flexibility index (Phi) is 8.28. The molecule has 1 heteroatoms. The molecule has 0 atom stereocenters. The van der Waals surface area contributed by atoms with Gasteiger partial charge in [-0.2, -0.15) is 0 Å². The van der Waals surface area contributed by atoms with Crippen LogP contribution in [0.5, 0.6) is 0 Å². The molecule has 0 aromatic heterocycles. The summed E-state index contributed by atoms with van der Waals surface area (Å²) in [6.45, 7) is 7.00. The molecule has 0 saturated heterocycles. The Morgan fingerprint density at radius 3 is 1.87 bits per heavy atom. The molecule has 30 heavy (non-hydrogen) atoms. The van der Waals surface area contributed by atoms with Crippen LogP contribution in [0.15, 0.2) is 60.7 Å². The average molecular weight is 401 g/mol. The van der Waals surface area contributed by atoms with Crippen molar-refractivity contribution >= 4 is 0 Å². The van der Waals surface area contributed by atoms with Crippen LogP contribution in [-0.2, 0) is 25.7 Å². The lowest BCUT2D eigenvalue weighted by molar-refractivity contribution is 0.284. The van der Waals surface area contributed by atoms with E-state index in [0.717, 1.165) is 38.5 Å². The summed E-state index contributed by atoms with van der Waals surface area (Å²) in [5, 5.41) is 9.03. The normalized spacial score (nSPS) is 11.1. The third kappa shape index (κ3) is 5.40. The molecule has 0 radical (unpaired) electrons. The maximum absolute atomic E-state index is 9.03. The van der Waals surface area contributed by atoms with E-state index in [0.29, 0.717) is 0 Å². The van der Waals surface area contributed by atoms with Crippen LogP contribution in [-0.4, -0.2) is 11.7 Å². The van der Waals surface area contributed by atoms with Crippen LogP contribution in [0.1, 0.15) is 62.3 Å². The van der Waals surface area contributed by atoms with E-state index in [2.05, 4.69) is 81.4 Å². The van der Waals surface area contributed by atoms with Crippen molar-refractivity contribution < 1.29 is 5.11 Å². The molecule has 1 N–H and O–H groups in total. The predicted octanol–water partition coefficient (Wildman–Crippen LogP) is 7.41. The van der Waals surface area contributed by atoms with Gasteiger partial charge in [0.05, 0.1) is 0 Å². The van der Waals surface area contributed by atoms with Crippen molar-refractivity contribution in [2.75, 3.05) is 6.61 Å². The number of rotatable bonds is 10. The van der Waals surface area contributed by atoms with Gasteiger partial charge in [-0.1, -0.05) is 87.9 Å². The molecule has 1 nitrogen and oxygen atoms in total. The second-order valence-electron chi connectivity index (χ2n) is 8.20. The zero-order chi connectivity index (χ0) is 21.3. The Morgan fingerprint density at radius 1 is 0.600 bits per heavy atom. The number of benzene rings is 3. The SMILES string of the molecule is CCCc1ccc(-c2ccc(-c3ccc(CCCCO)cc3CC)cc2CC)cc1. The smallest absolute Gasteiger partial charge is 0.0431 e. The molecule has 0 saturated carbocycles. The zero-order valence-corrected chi connectivity index (χ0v) is 18.9. The lowest BCUT2D eigenvalue weighted by Gasteiger charge is -2.15. The van der Waals surface area contributed by atoms with Crippen LogP contribution in [0.25, 0.3) is 22.3 Å². The highest BCUT2D eigenvalue weighted by molar-refractivity contribution is 5.75. The molecule has 158 valence electrons. The minimum Gasteiger partial charge on any atom is -0.396 e. The van der Waals surface area contributed by atoms with Gasteiger partial charge in [0.15, 0.2) is 0 Å². The zero-order valence-electron chi connectivity index (χ0n) is 18.9. The minimum atomic E-state index is 0.284. The standard InChI is InChI=1S/C29H36O/c1-4-9-22-11-14-26(15-12-22)28-18-16-27(21-25(28)6-3)29-17-13-23(10-7-8-19-30)20-24(29)5-2/h11-18,20-21,30H,4-10,19H2,1-3H3. The van der Waals surface area contributed by atoms with Gasteiger partial charge in [0.2, 0.25) is 0 Å². The molecular weight excluding hydrogens is 364 g/mol. The second kappa shape index (κ2) is 11.1. The molecule has 3 aromatic carbocycles. The van der Waals surface area contributed by atoms with Crippen LogP contribution in [0.2, 0.25) is 0 Å². The number of aliphatic hydroxyl groups is 1. The summed E-state index contributed by atoms with van der Waals surface area (Å²) in [6, 6.07) is 23.0. The number of aryl methyl sites for hydroxylation is 4. The number of aliphatic hydroxyl groups excluding tert-OH is 1. The van der Waals surface area contributed by atoms with Gasteiger partial charge in [-0.15, -0.1) is 0 Å². The van der Waals surface area contributed by atoms with E-state index in [1.165, 1.54) is 50.9 Å². The predicted molar refractivity (Wildman–Crippen MR) is 130 cm³/mol. The van der Waals surface area contributed by atoms with Gasteiger partial charge in [-0.25, -0.2) is 0 Å². The van der Waals surface area contributed by atoms with E-state index in [1.54, 1.807) is 0 Å². The first-order chi connectivity index (χ1) is 14.7. The van der Waals surface area contributed by atoms with Gasteiger partial charge in [-0.05, 0) is 83.0 Å². The van der Waals surface area contributed by atoms with Gasteiger partial charge in [-0.3, -0.25) is 0 Å².